The second-order valence-corrected chi connectivity index (χ2v) is 6.61. The highest BCUT2D eigenvalue weighted by Crippen LogP contribution is 2.28. The molecule has 1 amide bonds. The Morgan fingerprint density at radius 3 is 2.88 bits per heavy atom. The Hall–Kier alpha value is -2.64. The lowest BCUT2D eigenvalue weighted by Gasteiger charge is -2.11. The van der Waals surface area contributed by atoms with Gasteiger partial charge in [0.15, 0.2) is 0 Å². The van der Waals surface area contributed by atoms with E-state index in [-0.39, 0.29) is 18.0 Å². The van der Waals surface area contributed by atoms with E-state index in [4.69, 9.17) is 0 Å². The van der Waals surface area contributed by atoms with Crippen molar-refractivity contribution < 1.29 is 4.79 Å². The summed E-state index contributed by atoms with van der Waals surface area (Å²) in [6.07, 6.45) is 2.58. The van der Waals surface area contributed by atoms with E-state index in [1.807, 2.05) is 49.1 Å². The van der Waals surface area contributed by atoms with Crippen LogP contribution in [0, 0.1) is 13.8 Å². The summed E-state index contributed by atoms with van der Waals surface area (Å²) in [5, 5.41) is 8.58. The van der Waals surface area contributed by atoms with Gasteiger partial charge in [-0.15, -0.1) is 0 Å². The highest BCUT2D eigenvalue weighted by Gasteiger charge is 2.33. The van der Waals surface area contributed by atoms with Gasteiger partial charge in [-0.25, -0.2) is 10.9 Å². The number of nitrogens with zero attached hydrogens (tertiary/aromatic N) is 2. The maximum absolute atomic E-state index is 12.6. The first kappa shape index (κ1) is 15.9. The van der Waals surface area contributed by atoms with Gasteiger partial charge in [-0.05, 0) is 43.9 Å². The highest BCUT2D eigenvalue weighted by atomic mass is 16.2. The third-order valence-electron chi connectivity index (χ3n) is 4.96. The topological polar surface area (TPSA) is 86.8 Å². The van der Waals surface area contributed by atoms with E-state index in [1.54, 1.807) is 0 Å². The summed E-state index contributed by atoms with van der Waals surface area (Å²) in [5.74, 6) is -0.0416. The van der Waals surface area contributed by atoms with Crippen LogP contribution in [0.3, 0.4) is 0 Å². The molecule has 1 aromatic carbocycles. The monoisotopic (exact) mass is 338 g/mol. The molecule has 1 fully saturated rings. The van der Waals surface area contributed by atoms with Crippen molar-refractivity contribution in [1.29, 1.82) is 0 Å². The molecule has 130 valence electrons. The second-order valence-electron chi connectivity index (χ2n) is 6.61. The van der Waals surface area contributed by atoms with Crippen molar-refractivity contribution >= 4 is 22.5 Å². The Morgan fingerprint density at radius 2 is 2.12 bits per heavy atom. The number of aryl methyl sites for hydroxylation is 2. The molecule has 4 rings (SSSR count). The lowest BCUT2D eigenvalue weighted by molar-refractivity contribution is -0.117. The van der Waals surface area contributed by atoms with E-state index < -0.39 is 0 Å². The van der Waals surface area contributed by atoms with Crippen LogP contribution >= 0.6 is 0 Å². The Bertz CT molecular complexity index is 940. The summed E-state index contributed by atoms with van der Waals surface area (Å²) in [4.78, 5) is 15.8. The number of anilines is 1. The fraction of sp³-hybridized carbons (Fsp3) is 0.333. The van der Waals surface area contributed by atoms with Crippen LogP contribution in [0.15, 0.2) is 30.5 Å². The number of nitrogens with one attached hydrogen (secondary N) is 4. The Kier molecular flexibility index (Phi) is 3.82. The quantitative estimate of drug-likeness (QED) is 0.589. The van der Waals surface area contributed by atoms with Gasteiger partial charge in [-0.1, -0.05) is 6.07 Å². The minimum atomic E-state index is -0.289. The molecule has 1 aliphatic rings. The molecular weight excluding hydrogens is 316 g/mol. The first-order valence-electron chi connectivity index (χ1n) is 8.42. The smallest absolute Gasteiger partial charge is 0.242 e. The van der Waals surface area contributed by atoms with Crippen molar-refractivity contribution in [3.05, 3.63) is 47.4 Å². The number of benzene rings is 1. The van der Waals surface area contributed by atoms with Crippen LogP contribution in [-0.2, 0) is 11.8 Å². The molecule has 2 unspecified atom stereocenters. The van der Waals surface area contributed by atoms with Crippen LogP contribution < -0.4 is 16.2 Å². The average molecular weight is 338 g/mol. The predicted octanol–water partition coefficient (Wildman–Crippen LogP) is 2.06. The molecule has 3 aromatic rings. The molecule has 1 aliphatic heterocycles. The molecule has 0 saturated carbocycles. The molecule has 0 bridgehead atoms. The summed E-state index contributed by atoms with van der Waals surface area (Å²) in [5.41, 5.74) is 11.4. The summed E-state index contributed by atoms with van der Waals surface area (Å²) in [7, 11) is 1.94. The summed E-state index contributed by atoms with van der Waals surface area (Å²) >= 11 is 0. The third kappa shape index (κ3) is 2.81. The van der Waals surface area contributed by atoms with Gasteiger partial charge in [0.1, 0.15) is 6.04 Å². The Morgan fingerprint density at radius 1 is 1.28 bits per heavy atom. The van der Waals surface area contributed by atoms with Crippen LogP contribution in [0.2, 0.25) is 0 Å². The van der Waals surface area contributed by atoms with Crippen molar-refractivity contribution in [3.63, 3.8) is 0 Å². The predicted molar refractivity (Wildman–Crippen MR) is 97.0 cm³/mol. The maximum Gasteiger partial charge on any atom is 0.242 e. The van der Waals surface area contributed by atoms with E-state index in [0.29, 0.717) is 6.42 Å². The molecule has 0 aliphatic carbocycles. The standard InChI is InChI=1S/C18H22N6O/c1-10-17(11(2)24(3)23-10)15-9-16(22-21-15)18(25)20-13-5-4-12-6-7-19-14(12)8-13/h4-8,15-16,19,21-22H,9H2,1-3H3,(H,20,25). The van der Waals surface area contributed by atoms with Crippen LogP contribution in [0.25, 0.3) is 10.9 Å². The minimum absolute atomic E-state index is 0.0416. The largest absolute Gasteiger partial charge is 0.361 e. The van der Waals surface area contributed by atoms with E-state index in [1.165, 1.54) is 0 Å². The van der Waals surface area contributed by atoms with Crippen molar-refractivity contribution in [1.82, 2.24) is 25.6 Å². The van der Waals surface area contributed by atoms with Gasteiger partial charge in [0.25, 0.3) is 0 Å². The number of aromatic amines is 1. The zero-order valence-electron chi connectivity index (χ0n) is 14.6. The maximum atomic E-state index is 12.6. The number of carbonyl (C=O) groups is 1. The number of hydrazine groups is 1. The van der Waals surface area contributed by atoms with Gasteiger partial charge in [0, 0.05) is 35.7 Å². The number of fused-ring (bicyclic) bond motifs is 1. The number of H-pyrrole nitrogens is 1. The normalized spacial score (nSPS) is 20.3. The molecule has 0 radical (unpaired) electrons. The second kappa shape index (κ2) is 6.02. The molecular formula is C18H22N6O. The van der Waals surface area contributed by atoms with Crippen molar-refractivity contribution in [2.24, 2.45) is 7.05 Å². The number of aromatic nitrogens is 3. The molecule has 7 heteroatoms. The SMILES string of the molecule is Cc1nn(C)c(C)c1C1CC(C(=O)Nc2ccc3cc[nH]c3c2)NN1. The van der Waals surface area contributed by atoms with Crippen LogP contribution in [0.4, 0.5) is 5.69 Å². The fourth-order valence-electron chi connectivity index (χ4n) is 3.57. The van der Waals surface area contributed by atoms with Gasteiger partial charge in [-0.3, -0.25) is 9.48 Å². The summed E-state index contributed by atoms with van der Waals surface area (Å²) in [6.45, 7) is 4.05. The number of carbonyl (C=O) groups excluding carboxylic acids is 1. The van der Waals surface area contributed by atoms with Gasteiger partial charge in [0.2, 0.25) is 5.91 Å². The molecule has 3 heterocycles. The van der Waals surface area contributed by atoms with Crippen molar-refractivity contribution in [2.75, 3.05) is 5.32 Å². The minimum Gasteiger partial charge on any atom is -0.361 e. The molecule has 2 aromatic heterocycles. The molecule has 0 spiro atoms. The summed E-state index contributed by atoms with van der Waals surface area (Å²) < 4.78 is 1.88. The van der Waals surface area contributed by atoms with E-state index >= 15 is 0 Å². The lowest BCUT2D eigenvalue weighted by Crippen LogP contribution is -2.39. The van der Waals surface area contributed by atoms with Crippen LogP contribution in [0.5, 0.6) is 0 Å². The molecule has 2 atom stereocenters. The number of amides is 1. The Balaban J connectivity index is 1.46. The van der Waals surface area contributed by atoms with Crippen LogP contribution in [-0.4, -0.2) is 26.7 Å². The molecule has 1 saturated heterocycles. The van der Waals surface area contributed by atoms with E-state index in [2.05, 4.69) is 33.2 Å². The van der Waals surface area contributed by atoms with Crippen LogP contribution in [0.1, 0.15) is 29.4 Å². The first-order chi connectivity index (χ1) is 12.0. The highest BCUT2D eigenvalue weighted by molar-refractivity contribution is 5.97. The van der Waals surface area contributed by atoms with Gasteiger partial charge < -0.3 is 10.3 Å². The fourth-order valence-corrected chi connectivity index (χ4v) is 3.57. The van der Waals surface area contributed by atoms with Gasteiger partial charge in [0.05, 0.1) is 11.7 Å². The molecule has 4 N–H and O–H groups in total. The van der Waals surface area contributed by atoms with Gasteiger partial charge in [-0.2, -0.15) is 5.10 Å². The number of hydrogen-bond donors (Lipinski definition) is 4. The lowest BCUT2D eigenvalue weighted by atomic mass is 10.00. The van der Waals surface area contributed by atoms with Crippen molar-refractivity contribution in [2.45, 2.75) is 32.4 Å². The summed E-state index contributed by atoms with van der Waals surface area (Å²) in [6, 6.07) is 7.66. The van der Waals surface area contributed by atoms with Crippen molar-refractivity contribution in [3.8, 4) is 0 Å². The zero-order valence-corrected chi connectivity index (χ0v) is 14.6. The average Bonchev–Trinajstić information content (AvgIpc) is 3.27. The van der Waals surface area contributed by atoms with E-state index in [0.717, 1.165) is 33.5 Å². The first-order valence-corrected chi connectivity index (χ1v) is 8.42. The Labute approximate surface area is 145 Å². The molecule has 25 heavy (non-hydrogen) atoms. The number of hydrogen-bond acceptors (Lipinski definition) is 4. The number of rotatable bonds is 3. The third-order valence-corrected chi connectivity index (χ3v) is 4.96. The zero-order chi connectivity index (χ0) is 17.6. The molecule has 7 nitrogen and oxygen atoms in total. The van der Waals surface area contributed by atoms with Gasteiger partial charge >= 0.3 is 0 Å². The van der Waals surface area contributed by atoms with E-state index in [9.17, 15) is 4.79 Å².